The highest BCUT2D eigenvalue weighted by molar-refractivity contribution is 7.11. The van der Waals surface area contributed by atoms with Gasteiger partial charge in [0.05, 0.1) is 16.8 Å². The van der Waals surface area contributed by atoms with Crippen LogP contribution in [0.1, 0.15) is 35.3 Å². The maximum atomic E-state index is 9.68. The lowest BCUT2D eigenvalue weighted by molar-refractivity contribution is 0.0602. The second-order valence-corrected chi connectivity index (χ2v) is 6.41. The molecular formula is C13H22N2OS. The van der Waals surface area contributed by atoms with Gasteiger partial charge in [-0.25, -0.2) is 4.98 Å². The lowest BCUT2D eigenvalue weighted by Gasteiger charge is -2.33. The Bertz CT molecular complexity index is 375. The third kappa shape index (κ3) is 3.27. The molecular weight excluding hydrogens is 232 g/mol. The van der Waals surface area contributed by atoms with Crippen LogP contribution in [0.2, 0.25) is 0 Å². The maximum Gasteiger partial charge on any atom is 0.0900 e. The monoisotopic (exact) mass is 254 g/mol. The van der Waals surface area contributed by atoms with Gasteiger partial charge in [-0.2, -0.15) is 0 Å². The van der Waals surface area contributed by atoms with Crippen molar-refractivity contribution in [3.63, 3.8) is 0 Å². The van der Waals surface area contributed by atoms with Gasteiger partial charge in [0.15, 0.2) is 0 Å². The molecule has 2 unspecified atom stereocenters. The summed E-state index contributed by atoms with van der Waals surface area (Å²) in [6.45, 7) is 9.25. The Labute approximate surface area is 107 Å². The zero-order valence-corrected chi connectivity index (χ0v) is 11.8. The van der Waals surface area contributed by atoms with Crippen molar-refractivity contribution in [1.29, 1.82) is 0 Å². The van der Waals surface area contributed by atoms with Crippen molar-refractivity contribution in [2.24, 2.45) is 5.92 Å². The molecule has 4 heteroatoms. The smallest absolute Gasteiger partial charge is 0.0900 e. The molecule has 3 nitrogen and oxygen atoms in total. The summed E-state index contributed by atoms with van der Waals surface area (Å²) in [6, 6.07) is 0. The number of aromatic nitrogens is 1. The van der Waals surface area contributed by atoms with Crippen LogP contribution in [0.15, 0.2) is 0 Å². The van der Waals surface area contributed by atoms with Crippen LogP contribution in [0.5, 0.6) is 0 Å². The SMILES string of the molecule is Cc1nc(C)c(CN2CCCC(C(C)O)C2)s1. The predicted octanol–water partition coefficient (Wildman–Crippen LogP) is 2.35. The number of nitrogens with zero attached hydrogens (tertiary/aromatic N) is 2. The van der Waals surface area contributed by atoms with Gasteiger partial charge < -0.3 is 5.11 Å². The molecule has 96 valence electrons. The summed E-state index contributed by atoms with van der Waals surface area (Å²) in [5.74, 6) is 0.443. The molecule has 0 aromatic carbocycles. The molecule has 0 saturated carbocycles. The fourth-order valence-electron chi connectivity index (χ4n) is 2.55. The molecule has 1 saturated heterocycles. The normalized spacial score (nSPS) is 23.9. The molecule has 1 N–H and O–H groups in total. The van der Waals surface area contributed by atoms with Crippen molar-refractivity contribution >= 4 is 11.3 Å². The summed E-state index contributed by atoms with van der Waals surface area (Å²) in [4.78, 5) is 8.32. The van der Waals surface area contributed by atoms with Gasteiger partial charge in [-0.05, 0) is 46.1 Å². The number of aliphatic hydroxyl groups is 1. The molecule has 1 aromatic heterocycles. The van der Waals surface area contributed by atoms with E-state index in [2.05, 4.69) is 23.7 Å². The van der Waals surface area contributed by atoms with Gasteiger partial charge in [-0.3, -0.25) is 4.90 Å². The number of thiazole rings is 1. The summed E-state index contributed by atoms with van der Waals surface area (Å²) >= 11 is 1.80. The Morgan fingerprint density at radius 2 is 2.29 bits per heavy atom. The minimum atomic E-state index is -0.179. The predicted molar refractivity (Wildman–Crippen MR) is 71.3 cm³/mol. The Morgan fingerprint density at radius 1 is 1.53 bits per heavy atom. The van der Waals surface area contributed by atoms with E-state index in [-0.39, 0.29) is 6.10 Å². The average Bonchev–Trinajstić information content (AvgIpc) is 2.58. The Morgan fingerprint density at radius 3 is 2.88 bits per heavy atom. The summed E-state index contributed by atoms with van der Waals surface area (Å²) in [7, 11) is 0. The van der Waals surface area contributed by atoms with Crippen molar-refractivity contribution in [2.75, 3.05) is 13.1 Å². The molecule has 0 aliphatic carbocycles. The van der Waals surface area contributed by atoms with E-state index in [1.807, 2.05) is 6.92 Å². The number of hydrogen-bond acceptors (Lipinski definition) is 4. The second-order valence-electron chi connectivity index (χ2n) is 5.12. The van der Waals surface area contributed by atoms with Crippen molar-refractivity contribution in [3.05, 3.63) is 15.6 Å². The summed E-state index contributed by atoms with van der Waals surface area (Å²) in [5.41, 5.74) is 1.17. The van der Waals surface area contributed by atoms with E-state index in [4.69, 9.17) is 0 Å². The zero-order valence-electron chi connectivity index (χ0n) is 10.9. The van der Waals surface area contributed by atoms with Crippen molar-refractivity contribution in [3.8, 4) is 0 Å². The maximum absolute atomic E-state index is 9.68. The number of aliphatic hydroxyl groups excluding tert-OH is 1. The zero-order chi connectivity index (χ0) is 12.4. The van der Waals surface area contributed by atoms with Crippen LogP contribution in [0.3, 0.4) is 0 Å². The van der Waals surface area contributed by atoms with Crippen LogP contribution >= 0.6 is 11.3 Å². The highest BCUT2D eigenvalue weighted by atomic mass is 32.1. The number of hydrogen-bond donors (Lipinski definition) is 1. The van der Waals surface area contributed by atoms with Gasteiger partial charge in [-0.1, -0.05) is 0 Å². The molecule has 0 radical (unpaired) electrons. The van der Waals surface area contributed by atoms with E-state index in [1.54, 1.807) is 11.3 Å². The van der Waals surface area contributed by atoms with Crippen molar-refractivity contribution < 1.29 is 5.11 Å². The number of likely N-dealkylation sites (tertiary alicyclic amines) is 1. The van der Waals surface area contributed by atoms with E-state index in [1.165, 1.54) is 17.0 Å². The molecule has 1 aliphatic heterocycles. The van der Waals surface area contributed by atoms with Crippen molar-refractivity contribution in [2.45, 2.75) is 46.3 Å². The van der Waals surface area contributed by atoms with E-state index >= 15 is 0 Å². The van der Waals surface area contributed by atoms with Gasteiger partial charge in [0.1, 0.15) is 0 Å². The highest BCUT2D eigenvalue weighted by Gasteiger charge is 2.24. The van der Waals surface area contributed by atoms with E-state index in [0.717, 1.165) is 31.1 Å². The van der Waals surface area contributed by atoms with Crippen LogP contribution in [0, 0.1) is 19.8 Å². The quantitative estimate of drug-likeness (QED) is 0.899. The first-order chi connectivity index (χ1) is 8.06. The Kier molecular flexibility index (Phi) is 4.17. The van der Waals surface area contributed by atoms with Crippen LogP contribution in [0.4, 0.5) is 0 Å². The first kappa shape index (κ1) is 13.0. The van der Waals surface area contributed by atoms with Crippen LogP contribution in [-0.4, -0.2) is 34.2 Å². The Hall–Kier alpha value is -0.450. The number of rotatable bonds is 3. The second kappa shape index (κ2) is 5.46. The molecule has 2 heterocycles. The largest absolute Gasteiger partial charge is 0.393 e. The minimum Gasteiger partial charge on any atom is -0.393 e. The summed E-state index contributed by atoms with van der Waals surface area (Å²) < 4.78 is 0. The standard InChI is InChI=1S/C13H22N2OS/c1-9-13(17-11(3)14-9)8-15-6-4-5-12(7-15)10(2)16/h10,12,16H,4-8H2,1-3H3. The van der Waals surface area contributed by atoms with Gasteiger partial charge in [0.2, 0.25) is 0 Å². The van der Waals surface area contributed by atoms with Gasteiger partial charge in [0.25, 0.3) is 0 Å². The molecule has 0 spiro atoms. The molecule has 1 aromatic rings. The lowest BCUT2D eigenvalue weighted by Crippen LogP contribution is -2.38. The van der Waals surface area contributed by atoms with Crippen LogP contribution in [0.25, 0.3) is 0 Å². The fourth-order valence-corrected chi connectivity index (χ4v) is 3.53. The average molecular weight is 254 g/mol. The third-order valence-corrected chi connectivity index (χ3v) is 4.65. The topological polar surface area (TPSA) is 36.4 Å². The van der Waals surface area contributed by atoms with Crippen LogP contribution < -0.4 is 0 Å². The molecule has 2 atom stereocenters. The van der Waals surface area contributed by atoms with E-state index < -0.39 is 0 Å². The van der Waals surface area contributed by atoms with Gasteiger partial charge >= 0.3 is 0 Å². The highest BCUT2D eigenvalue weighted by Crippen LogP contribution is 2.24. The van der Waals surface area contributed by atoms with Gasteiger partial charge in [0, 0.05) is 18.0 Å². The molecule has 17 heavy (non-hydrogen) atoms. The van der Waals surface area contributed by atoms with Crippen molar-refractivity contribution in [1.82, 2.24) is 9.88 Å². The molecule has 0 bridgehead atoms. The summed E-state index contributed by atoms with van der Waals surface area (Å²) in [6.07, 6.45) is 2.18. The van der Waals surface area contributed by atoms with Gasteiger partial charge in [-0.15, -0.1) is 11.3 Å². The third-order valence-electron chi connectivity index (χ3n) is 3.59. The van der Waals surface area contributed by atoms with E-state index in [9.17, 15) is 5.11 Å². The Balaban J connectivity index is 1.97. The summed E-state index contributed by atoms with van der Waals surface area (Å²) in [5, 5.41) is 10.8. The minimum absolute atomic E-state index is 0.179. The first-order valence-electron chi connectivity index (χ1n) is 6.39. The molecule has 2 rings (SSSR count). The fraction of sp³-hybridized carbons (Fsp3) is 0.769. The number of piperidine rings is 1. The first-order valence-corrected chi connectivity index (χ1v) is 7.21. The molecule has 1 aliphatic rings. The van der Waals surface area contributed by atoms with Crippen LogP contribution in [-0.2, 0) is 6.54 Å². The molecule has 1 fully saturated rings. The molecule has 0 amide bonds. The lowest BCUT2D eigenvalue weighted by atomic mass is 9.93. The van der Waals surface area contributed by atoms with E-state index in [0.29, 0.717) is 5.92 Å². The number of aryl methyl sites for hydroxylation is 2.